The lowest BCUT2D eigenvalue weighted by molar-refractivity contribution is -0.0484. The van der Waals surface area contributed by atoms with Gasteiger partial charge in [0.2, 0.25) is 5.92 Å². The molecule has 2 aliphatic rings. The minimum Gasteiger partial charge on any atom is -0.335 e. The average Bonchev–Trinajstić information content (AvgIpc) is 3.07. The standard InChI is InChI=1S/C19H25F3N6O/c1-18(20)10-24-17(29)27(11-18)8-12-6-15-26-14(9-28(15)25-7-12)16(23)13-2-4-19(21,22)5-3-13/h6-7,9,13,16H,2-5,8,10-11,23H2,1H3,(H,24,29)/t16-,18?/m0/s1. The Bertz CT molecular complexity index is 904. The minimum atomic E-state index is -2.60. The number of hydrogen-bond acceptors (Lipinski definition) is 4. The first kappa shape index (κ1) is 19.9. The van der Waals surface area contributed by atoms with E-state index in [4.69, 9.17) is 5.73 Å². The predicted molar refractivity (Wildman–Crippen MR) is 100 cm³/mol. The van der Waals surface area contributed by atoms with Crippen molar-refractivity contribution in [3.05, 3.63) is 29.7 Å². The van der Waals surface area contributed by atoms with Gasteiger partial charge in [-0.25, -0.2) is 27.5 Å². The Labute approximate surface area is 166 Å². The number of aromatic nitrogens is 3. The summed E-state index contributed by atoms with van der Waals surface area (Å²) >= 11 is 0. The molecule has 2 amide bonds. The Morgan fingerprint density at radius 3 is 2.79 bits per heavy atom. The van der Waals surface area contributed by atoms with Gasteiger partial charge >= 0.3 is 6.03 Å². The maximum atomic E-state index is 14.2. The van der Waals surface area contributed by atoms with Crippen LogP contribution in [-0.2, 0) is 6.54 Å². The predicted octanol–water partition coefficient (Wildman–Crippen LogP) is 2.81. The zero-order chi connectivity index (χ0) is 20.8. The first-order valence-corrected chi connectivity index (χ1v) is 9.81. The first-order chi connectivity index (χ1) is 13.6. The number of carbonyl (C=O) groups is 1. The highest BCUT2D eigenvalue weighted by Crippen LogP contribution is 2.40. The summed E-state index contributed by atoms with van der Waals surface area (Å²) in [6.07, 6.45) is 3.75. The number of halogens is 3. The Balaban J connectivity index is 1.48. The molecule has 7 nitrogen and oxygen atoms in total. The van der Waals surface area contributed by atoms with E-state index >= 15 is 0 Å². The second-order valence-corrected chi connectivity index (χ2v) is 8.48. The van der Waals surface area contributed by atoms with Gasteiger partial charge < -0.3 is 16.0 Å². The highest BCUT2D eigenvalue weighted by molar-refractivity contribution is 5.75. The van der Waals surface area contributed by atoms with Crippen LogP contribution in [0.1, 0.15) is 49.9 Å². The molecule has 10 heteroatoms. The summed E-state index contributed by atoms with van der Waals surface area (Å²) in [7, 11) is 0. The number of imidazole rings is 1. The summed E-state index contributed by atoms with van der Waals surface area (Å²) in [6.45, 7) is 1.65. The summed E-state index contributed by atoms with van der Waals surface area (Å²) in [5, 5.41) is 6.85. The van der Waals surface area contributed by atoms with Crippen LogP contribution in [0.3, 0.4) is 0 Å². The topological polar surface area (TPSA) is 88.5 Å². The van der Waals surface area contributed by atoms with E-state index in [2.05, 4.69) is 15.4 Å². The summed E-state index contributed by atoms with van der Waals surface area (Å²) in [5.41, 5.74) is 6.69. The fourth-order valence-corrected chi connectivity index (χ4v) is 4.09. The molecular formula is C19H25F3N6O. The zero-order valence-electron chi connectivity index (χ0n) is 16.2. The highest BCUT2D eigenvalue weighted by Gasteiger charge is 2.38. The molecule has 0 spiro atoms. The van der Waals surface area contributed by atoms with Crippen LogP contribution in [0.2, 0.25) is 0 Å². The van der Waals surface area contributed by atoms with Gasteiger partial charge in [-0.2, -0.15) is 5.10 Å². The van der Waals surface area contributed by atoms with E-state index in [0.717, 1.165) is 0 Å². The lowest BCUT2D eigenvalue weighted by atomic mass is 9.81. The van der Waals surface area contributed by atoms with Crippen molar-refractivity contribution in [3.63, 3.8) is 0 Å². The van der Waals surface area contributed by atoms with Crippen molar-refractivity contribution in [1.29, 1.82) is 0 Å². The second kappa shape index (κ2) is 7.16. The van der Waals surface area contributed by atoms with Crippen LogP contribution < -0.4 is 11.1 Å². The molecule has 158 valence electrons. The molecule has 0 radical (unpaired) electrons. The summed E-state index contributed by atoms with van der Waals surface area (Å²) in [4.78, 5) is 17.9. The average molecular weight is 410 g/mol. The van der Waals surface area contributed by atoms with Crippen molar-refractivity contribution in [2.75, 3.05) is 13.1 Å². The van der Waals surface area contributed by atoms with Crippen molar-refractivity contribution in [3.8, 4) is 0 Å². The maximum Gasteiger partial charge on any atom is 0.317 e. The minimum absolute atomic E-state index is 0.000885. The third kappa shape index (κ3) is 4.31. The van der Waals surface area contributed by atoms with Crippen molar-refractivity contribution in [2.24, 2.45) is 11.7 Å². The van der Waals surface area contributed by atoms with Crippen molar-refractivity contribution >= 4 is 11.7 Å². The van der Waals surface area contributed by atoms with Crippen LogP contribution in [0.25, 0.3) is 5.65 Å². The van der Waals surface area contributed by atoms with Crippen LogP contribution in [0, 0.1) is 5.92 Å². The SMILES string of the molecule is CC1(F)CNC(=O)N(Cc2cnn3cc([C@@H](N)C4CCC(F)(F)CC4)nc3c2)C1. The third-order valence-corrected chi connectivity index (χ3v) is 5.80. The Morgan fingerprint density at radius 2 is 2.07 bits per heavy atom. The number of nitrogens with two attached hydrogens (primary N) is 1. The maximum absolute atomic E-state index is 14.2. The van der Waals surface area contributed by atoms with Crippen LogP contribution >= 0.6 is 0 Å². The fourth-order valence-electron chi connectivity index (χ4n) is 4.09. The fraction of sp³-hybridized carbons (Fsp3) is 0.632. The normalized spacial score (nSPS) is 26.5. The number of rotatable bonds is 4. The van der Waals surface area contributed by atoms with E-state index < -0.39 is 17.6 Å². The lowest BCUT2D eigenvalue weighted by Crippen LogP contribution is -2.57. The molecule has 1 aliphatic heterocycles. The molecule has 0 aromatic carbocycles. The molecule has 2 fully saturated rings. The van der Waals surface area contributed by atoms with Gasteiger partial charge in [-0.15, -0.1) is 0 Å². The molecule has 1 saturated carbocycles. The number of urea groups is 1. The number of nitrogens with zero attached hydrogens (tertiary/aromatic N) is 4. The number of carbonyl (C=O) groups excluding carboxylic acids is 1. The van der Waals surface area contributed by atoms with Gasteiger partial charge in [-0.05, 0) is 37.3 Å². The van der Waals surface area contributed by atoms with E-state index in [-0.39, 0.29) is 44.4 Å². The molecule has 0 bridgehead atoms. The number of nitrogens with one attached hydrogen (secondary N) is 1. The molecule has 3 N–H and O–H groups in total. The van der Waals surface area contributed by atoms with E-state index in [1.54, 1.807) is 23.0 Å². The van der Waals surface area contributed by atoms with Gasteiger partial charge in [0, 0.05) is 19.4 Å². The van der Waals surface area contributed by atoms with Crippen LogP contribution in [0.5, 0.6) is 0 Å². The smallest absolute Gasteiger partial charge is 0.317 e. The summed E-state index contributed by atoms with van der Waals surface area (Å²) in [5.74, 6) is -2.64. The zero-order valence-corrected chi connectivity index (χ0v) is 16.2. The van der Waals surface area contributed by atoms with Gasteiger partial charge in [0.05, 0.1) is 37.2 Å². The second-order valence-electron chi connectivity index (χ2n) is 8.48. The van der Waals surface area contributed by atoms with Crippen molar-refractivity contribution in [1.82, 2.24) is 24.8 Å². The number of fused-ring (bicyclic) bond motifs is 1. The van der Waals surface area contributed by atoms with Gasteiger partial charge in [-0.3, -0.25) is 0 Å². The molecular weight excluding hydrogens is 385 g/mol. The summed E-state index contributed by atoms with van der Waals surface area (Å²) < 4.78 is 42.6. The van der Waals surface area contributed by atoms with Gasteiger partial charge in [-0.1, -0.05) is 0 Å². The summed E-state index contributed by atoms with van der Waals surface area (Å²) in [6, 6.07) is 1.02. The molecule has 1 unspecified atom stereocenters. The Hall–Kier alpha value is -2.36. The van der Waals surface area contributed by atoms with E-state index in [0.29, 0.717) is 29.7 Å². The Kier molecular flexibility index (Phi) is 4.92. The van der Waals surface area contributed by atoms with Gasteiger partial charge in [0.25, 0.3) is 0 Å². The molecule has 4 rings (SSSR count). The quantitative estimate of drug-likeness (QED) is 0.811. The number of alkyl halides is 3. The Morgan fingerprint density at radius 1 is 1.34 bits per heavy atom. The molecule has 1 saturated heterocycles. The van der Waals surface area contributed by atoms with Gasteiger partial charge in [0.15, 0.2) is 5.65 Å². The molecule has 2 aromatic heterocycles. The van der Waals surface area contributed by atoms with Crippen molar-refractivity contribution < 1.29 is 18.0 Å². The molecule has 1 aliphatic carbocycles. The van der Waals surface area contributed by atoms with E-state index in [1.165, 1.54) is 11.8 Å². The molecule has 29 heavy (non-hydrogen) atoms. The first-order valence-electron chi connectivity index (χ1n) is 9.81. The highest BCUT2D eigenvalue weighted by atomic mass is 19.3. The number of amides is 2. The van der Waals surface area contributed by atoms with Crippen LogP contribution in [-0.4, -0.2) is 50.2 Å². The van der Waals surface area contributed by atoms with Crippen molar-refractivity contribution in [2.45, 2.75) is 56.8 Å². The van der Waals surface area contributed by atoms with Crippen LogP contribution in [0.4, 0.5) is 18.0 Å². The number of hydrogen-bond donors (Lipinski definition) is 2. The third-order valence-electron chi connectivity index (χ3n) is 5.80. The molecule has 2 atom stereocenters. The largest absolute Gasteiger partial charge is 0.335 e. The lowest BCUT2D eigenvalue weighted by Gasteiger charge is -2.35. The van der Waals surface area contributed by atoms with Crippen LogP contribution in [0.15, 0.2) is 18.5 Å². The molecule has 2 aromatic rings. The van der Waals surface area contributed by atoms with Gasteiger partial charge in [0.1, 0.15) is 5.67 Å². The molecule has 3 heterocycles. The monoisotopic (exact) mass is 410 g/mol. The van der Waals surface area contributed by atoms with E-state index in [1.807, 2.05) is 0 Å². The van der Waals surface area contributed by atoms with E-state index in [9.17, 15) is 18.0 Å².